The molecular weight excluding hydrogens is 252 g/mol. The van der Waals surface area contributed by atoms with Gasteiger partial charge in [-0.25, -0.2) is 0 Å². The molecule has 4 heteroatoms. The average Bonchev–Trinajstić information content (AvgIpc) is 2.42. The number of hydrogen-bond acceptors (Lipinski definition) is 3. The molecule has 0 spiro atoms. The van der Waals surface area contributed by atoms with Crippen LogP contribution in [0.25, 0.3) is 0 Å². The van der Waals surface area contributed by atoms with Crippen LogP contribution < -0.4 is 10.6 Å². The number of nitrogens with one attached hydrogen (secondary N) is 2. The molecule has 0 radical (unpaired) electrons. The molecule has 2 N–H and O–H groups in total. The zero-order valence-electron chi connectivity index (χ0n) is 12.1. The van der Waals surface area contributed by atoms with Gasteiger partial charge in [0.05, 0.1) is 19.2 Å². The second-order valence-electron chi connectivity index (χ2n) is 5.32. The van der Waals surface area contributed by atoms with Gasteiger partial charge in [0, 0.05) is 13.7 Å². The summed E-state index contributed by atoms with van der Waals surface area (Å²) in [5, 5.41) is 6.25. The van der Waals surface area contributed by atoms with Crippen LogP contribution in [0.15, 0.2) is 30.3 Å². The Balaban J connectivity index is 1.86. The zero-order valence-corrected chi connectivity index (χ0v) is 12.1. The summed E-state index contributed by atoms with van der Waals surface area (Å²) in [6.45, 7) is 1.67. The summed E-state index contributed by atoms with van der Waals surface area (Å²) in [5.74, 6) is 0.641. The predicted octanol–water partition coefficient (Wildman–Crippen LogP) is 1.88. The van der Waals surface area contributed by atoms with Crippen LogP contribution in [0.3, 0.4) is 0 Å². The van der Waals surface area contributed by atoms with E-state index >= 15 is 0 Å². The van der Waals surface area contributed by atoms with Crippen LogP contribution in [0.2, 0.25) is 0 Å². The monoisotopic (exact) mass is 276 g/mol. The fraction of sp³-hybridized carbons (Fsp3) is 0.562. The number of hydrogen-bond donors (Lipinski definition) is 2. The molecule has 0 saturated heterocycles. The largest absolute Gasteiger partial charge is 0.383 e. The highest BCUT2D eigenvalue weighted by atomic mass is 16.5. The van der Waals surface area contributed by atoms with Crippen molar-refractivity contribution in [2.75, 3.05) is 26.8 Å². The molecule has 1 atom stereocenters. The molecule has 1 aliphatic rings. The van der Waals surface area contributed by atoms with Gasteiger partial charge in [0.25, 0.3) is 0 Å². The van der Waals surface area contributed by atoms with E-state index in [0.717, 1.165) is 0 Å². The van der Waals surface area contributed by atoms with Gasteiger partial charge < -0.3 is 15.4 Å². The normalized spacial score (nSPS) is 16.4. The molecule has 0 aliphatic heterocycles. The second-order valence-corrected chi connectivity index (χ2v) is 5.32. The minimum atomic E-state index is 0.0573. The van der Waals surface area contributed by atoms with Gasteiger partial charge in [-0.3, -0.25) is 4.79 Å². The zero-order chi connectivity index (χ0) is 14.2. The van der Waals surface area contributed by atoms with Crippen molar-refractivity contribution in [1.29, 1.82) is 0 Å². The highest BCUT2D eigenvalue weighted by Crippen LogP contribution is 2.37. The molecule has 1 aliphatic carbocycles. The first-order chi connectivity index (χ1) is 9.81. The maximum Gasteiger partial charge on any atom is 0.234 e. The fourth-order valence-corrected chi connectivity index (χ4v) is 2.51. The van der Waals surface area contributed by atoms with E-state index in [4.69, 9.17) is 4.74 Å². The third-order valence-electron chi connectivity index (χ3n) is 3.86. The van der Waals surface area contributed by atoms with Gasteiger partial charge in [-0.1, -0.05) is 36.8 Å². The lowest BCUT2D eigenvalue weighted by Gasteiger charge is -2.34. The standard InChI is InChI=1S/C16H24N2O2/c1-20-11-10-17-12-15(19)18-16(14-8-5-9-14)13-6-3-2-4-7-13/h2-4,6-7,14,16-17H,5,8-12H2,1H3,(H,18,19). The molecule has 0 bridgehead atoms. The summed E-state index contributed by atoms with van der Waals surface area (Å²) < 4.78 is 4.94. The molecule has 0 aromatic heterocycles. The molecule has 1 amide bonds. The van der Waals surface area contributed by atoms with Crippen LogP contribution in [0, 0.1) is 5.92 Å². The Bertz CT molecular complexity index is 404. The van der Waals surface area contributed by atoms with Crippen molar-refractivity contribution >= 4 is 5.91 Å². The first kappa shape index (κ1) is 15.0. The summed E-state index contributed by atoms with van der Waals surface area (Å²) in [4.78, 5) is 12.0. The van der Waals surface area contributed by atoms with E-state index in [1.807, 2.05) is 18.2 Å². The maximum atomic E-state index is 12.0. The molecule has 2 rings (SSSR count). The maximum absolute atomic E-state index is 12.0. The van der Waals surface area contributed by atoms with Crippen molar-refractivity contribution in [1.82, 2.24) is 10.6 Å². The summed E-state index contributed by atoms with van der Waals surface area (Å²) in [6.07, 6.45) is 3.68. The lowest BCUT2D eigenvalue weighted by Crippen LogP contribution is -2.41. The van der Waals surface area contributed by atoms with Crippen molar-refractivity contribution < 1.29 is 9.53 Å². The van der Waals surface area contributed by atoms with Gasteiger partial charge in [-0.15, -0.1) is 0 Å². The molecule has 1 saturated carbocycles. The Hall–Kier alpha value is -1.39. The Kier molecular flexibility index (Phi) is 6.02. The summed E-state index contributed by atoms with van der Waals surface area (Å²) in [6, 6.07) is 10.4. The first-order valence-electron chi connectivity index (χ1n) is 7.35. The highest BCUT2D eigenvalue weighted by molar-refractivity contribution is 5.78. The summed E-state index contributed by atoms with van der Waals surface area (Å²) in [5.41, 5.74) is 1.21. The number of amides is 1. The Morgan fingerprint density at radius 1 is 1.35 bits per heavy atom. The third-order valence-corrected chi connectivity index (χ3v) is 3.86. The number of rotatable bonds is 8. The number of ether oxygens (including phenoxy) is 1. The van der Waals surface area contributed by atoms with Crippen molar-refractivity contribution in [3.8, 4) is 0 Å². The Morgan fingerprint density at radius 2 is 2.10 bits per heavy atom. The van der Waals surface area contributed by atoms with E-state index in [2.05, 4.69) is 22.8 Å². The summed E-state index contributed by atoms with van der Waals surface area (Å²) >= 11 is 0. The number of carbonyl (C=O) groups excluding carboxylic acids is 1. The molecule has 1 fully saturated rings. The van der Waals surface area contributed by atoms with Crippen LogP contribution in [-0.4, -0.2) is 32.7 Å². The van der Waals surface area contributed by atoms with E-state index in [1.165, 1.54) is 24.8 Å². The van der Waals surface area contributed by atoms with Crippen LogP contribution in [0.5, 0.6) is 0 Å². The van der Waals surface area contributed by atoms with E-state index in [1.54, 1.807) is 7.11 Å². The smallest absolute Gasteiger partial charge is 0.234 e. The van der Waals surface area contributed by atoms with Gasteiger partial charge in [-0.05, 0) is 24.3 Å². The average molecular weight is 276 g/mol. The lowest BCUT2D eigenvalue weighted by atomic mass is 9.77. The fourth-order valence-electron chi connectivity index (χ4n) is 2.51. The van der Waals surface area contributed by atoms with Gasteiger partial charge in [0.1, 0.15) is 0 Å². The van der Waals surface area contributed by atoms with Crippen LogP contribution >= 0.6 is 0 Å². The molecule has 1 aromatic rings. The van der Waals surface area contributed by atoms with E-state index in [9.17, 15) is 4.79 Å². The molecule has 1 aromatic carbocycles. The van der Waals surface area contributed by atoms with Gasteiger partial charge >= 0.3 is 0 Å². The van der Waals surface area contributed by atoms with Gasteiger partial charge in [0.2, 0.25) is 5.91 Å². The lowest BCUT2D eigenvalue weighted by molar-refractivity contribution is -0.121. The third kappa shape index (κ3) is 4.32. The second kappa shape index (κ2) is 8.02. The molecule has 110 valence electrons. The van der Waals surface area contributed by atoms with Crippen LogP contribution in [0.1, 0.15) is 30.9 Å². The van der Waals surface area contributed by atoms with E-state index in [0.29, 0.717) is 25.6 Å². The van der Waals surface area contributed by atoms with Crippen molar-refractivity contribution in [2.24, 2.45) is 5.92 Å². The molecule has 0 heterocycles. The van der Waals surface area contributed by atoms with Gasteiger partial charge in [0.15, 0.2) is 0 Å². The summed E-state index contributed by atoms with van der Waals surface area (Å²) in [7, 11) is 1.66. The minimum absolute atomic E-state index is 0.0573. The number of methoxy groups -OCH3 is 1. The highest BCUT2D eigenvalue weighted by Gasteiger charge is 2.29. The molecular formula is C16H24N2O2. The van der Waals surface area contributed by atoms with Crippen molar-refractivity contribution in [2.45, 2.75) is 25.3 Å². The van der Waals surface area contributed by atoms with Gasteiger partial charge in [-0.2, -0.15) is 0 Å². The van der Waals surface area contributed by atoms with Crippen LogP contribution in [-0.2, 0) is 9.53 Å². The molecule has 20 heavy (non-hydrogen) atoms. The predicted molar refractivity (Wildman–Crippen MR) is 79.4 cm³/mol. The Morgan fingerprint density at radius 3 is 2.70 bits per heavy atom. The molecule has 1 unspecified atom stereocenters. The quantitative estimate of drug-likeness (QED) is 0.713. The Labute approximate surface area is 120 Å². The molecule has 4 nitrogen and oxygen atoms in total. The van der Waals surface area contributed by atoms with Crippen molar-refractivity contribution in [3.63, 3.8) is 0 Å². The van der Waals surface area contributed by atoms with E-state index < -0.39 is 0 Å². The SMILES string of the molecule is COCCNCC(=O)NC(c1ccccc1)C1CCC1. The van der Waals surface area contributed by atoms with E-state index in [-0.39, 0.29) is 11.9 Å². The first-order valence-corrected chi connectivity index (χ1v) is 7.35. The minimum Gasteiger partial charge on any atom is -0.383 e. The topological polar surface area (TPSA) is 50.4 Å². The van der Waals surface area contributed by atoms with Crippen molar-refractivity contribution in [3.05, 3.63) is 35.9 Å². The number of carbonyl (C=O) groups is 1. The number of benzene rings is 1. The van der Waals surface area contributed by atoms with Crippen LogP contribution in [0.4, 0.5) is 0 Å².